The number of hydrogen-bond donors (Lipinski definition) is 0. The summed E-state index contributed by atoms with van der Waals surface area (Å²) in [6.45, 7) is 11.7. The van der Waals surface area contributed by atoms with E-state index in [0.29, 0.717) is 17.8 Å². The van der Waals surface area contributed by atoms with Crippen molar-refractivity contribution in [2.45, 2.75) is 40.5 Å². The van der Waals surface area contributed by atoms with Gasteiger partial charge in [0.15, 0.2) is 0 Å². The van der Waals surface area contributed by atoms with Crippen LogP contribution in [0.3, 0.4) is 0 Å². The monoisotopic (exact) mass is 227 g/mol. The quantitative estimate of drug-likeness (QED) is 0.760. The van der Waals surface area contributed by atoms with Gasteiger partial charge in [0.25, 0.3) is 0 Å². The molecule has 1 atom stereocenters. The summed E-state index contributed by atoms with van der Waals surface area (Å²) in [4.78, 5) is 4.44. The van der Waals surface area contributed by atoms with E-state index in [1.54, 1.807) is 11.3 Å². The molecule has 1 aromatic heterocycles. The Morgan fingerprint density at radius 2 is 1.93 bits per heavy atom. The van der Waals surface area contributed by atoms with Crippen molar-refractivity contribution in [1.29, 1.82) is 0 Å². The van der Waals surface area contributed by atoms with Crippen LogP contribution in [-0.4, -0.2) is 11.6 Å². The van der Waals surface area contributed by atoms with E-state index in [1.165, 1.54) is 0 Å². The molecule has 3 heteroatoms. The number of thiazole rings is 1. The highest BCUT2D eigenvalue weighted by Crippen LogP contribution is 2.24. The van der Waals surface area contributed by atoms with Gasteiger partial charge in [0.2, 0.25) is 5.88 Å². The molecule has 0 aliphatic carbocycles. The number of nitrogens with zero attached hydrogens (tertiary/aromatic N) is 1. The van der Waals surface area contributed by atoms with Crippen LogP contribution in [0.25, 0.3) is 0 Å². The van der Waals surface area contributed by atoms with Gasteiger partial charge < -0.3 is 4.74 Å². The molecule has 0 N–H and O–H groups in total. The van der Waals surface area contributed by atoms with E-state index >= 15 is 0 Å². The number of aromatic nitrogens is 1. The van der Waals surface area contributed by atoms with Crippen LogP contribution in [0.5, 0.6) is 5.88 Å². The van der Waals surface area contributed by atoms with Crippen molar-refractivity contribution >= 4 is 11.3 Å². The number of ether oxygens (including phenoxy) is 1. The van der Waals surface area contributed by atoms with Crippen molar-refractivity contribution in [3.63, 3.8) is 0 Å². The van der Waals surface area contributed by atoms with Crippen LogP contribution >= 0.6 is 11.3 Å². The van der Waals surface area contributed by atoms with Crippen molar-refractivity contribution in [3.05, 3.63) is 10.4 Å². The smallest absolute Gasteiger partial charge is 0.224 e. The highest BCUT2D eigenvalue weighted by atomic mass is 32.1. The summed E-state index contributed by atoms with van der Waals surface area (Å²) in [5.74, 6) is 2.52. The van der Waals surface area contributed by atoms with Crippen LogP contribution < -0.4 is 4.74 Å². The van der Waals surface area contributed by atoms with Gasteiger partial charge in [0, 0.05) is 5.92 Å². The molecule has 0 bridgehead atoms. The van der Waals surface area contributed by atoms with Crippen LogP contribution in [-0.2, 0) is 0 Å². The molecule has 0 fully saturated rings. The first kappa shape index (κ1) is 12.5. The summed E-state index contributed by atoms with van der Waals surface area (Å²) in [7, 11) is 0. The van der Waals surface area contributed by atoms with Crippen molar-refractivity contribution in [2.24, 2.45) is 11.8 Å². The minimum atomic E-state index is 0.495. The predicted octanol–water partition coefficient (Wildman–Crippen LogP) is 3.94. The lowest BCUT2D eigenvalue weighted by molar-refractivity contribution is 0.217. The minimum Gasteiger partial charge on any atom is -0.477 e. The Balaban J connectivity index is 2.44. The molecule has 2 nitrogen and oxygen atoms in total. The Bertz CT molecular complexity index is 294. The largest absolute Gasteiger partial charge is 0.477 e. The molecule has 15 heavy (non-hydrogen) atoms. The second-order valence-electron chi connectivity index (χ2n) is 4.71. The normalized spacial score (nSPS) is 13.5. The van der Waals surface area contributed by atoms with E-state index in [0.717, 1.165) is 17.5 Å². The number of rotatable bonds is 5. The highest BCUT2D eigenvalue weighted by Gasteiger charge is 2.10. The summed E-state index contributed by atoms with van der Waals surface area (Å²) in [6.07, 6.45) is 0. The van der Waals surface area contributed by atoms with Gasteiger partial charge in [-0.1, -0.05) is 34.6 Å². The lowest BCUT2D eigenvalue weighted by atomic mass is 9.99. The second-order valence-corrected chi connectivity index (χ2v) is 5.60. The first-order valence-electron chi connectivity index (χ1n) is 5.59. The number of hydrogen-bond acceptors (Lipinski definition) is 3. The van der Waals surface area contributed by atoms with Gasteiger partial charge in [0.1, 0.15) is 0 Å². The predicted molar refractivity (Wildman–Crippen MR) is 65.7 cm³/mol. The SMILES string of the molecule is CC(C)c1nc(OCC(C)C(C)C)cs1. The topological polar surface area (TPSA) is 22.1 Å². The standard InChI is InChI=1S/C12H21NOS/c1-8(2)10(5)6-14-11-7-15-12(13-11)9(3)4/h7-10H,6H2,1-5H3. The maximum Gasteiger partial charge on any atom is 0.224 e. The van der Waals surface area contributed by atoms with Crippen LogP contribution in [0.2, 0.25) is 0 Å². The summed E-state index contributed by atoms with van der Waals surface area (Å²) in [5.41, 5.74) is 0. The second kappa shape index (κ2) is 5.50. The molecule has 0 aromatic carbocycles. The molecule has 0 radical (unpaired) electrons. The third kappa shape index (κ3) is 3.82. The van der Waals surface area contributed by atoms with Crippen LogP contribution in [0.4, 0.5) is 0 Å². The van der Waals surface area contributed by atoms with Crippen molar-refractivity contribution in [1.82, 2.24) is 4.98 Å². The van der Waals surface area contributed by atoms with Crippen LogP contribution in [0.15, 0.2) is 5.38 Å². The van der Waals surface area contributed by atoms with E-state index in [2.05, 4.69) is 39.6 Å². The van der Waals surface area contributed by atoms with Gasteiger partial charge >= 0.3 is 0 Å². The van der Waals surface area contributed by atoms with E-state index < -0.39 is 0 Å². The highest BCUT2D eigenvalue weighted by molar-refractivity contribution is 7.09. The fraction of sp³-hybridized carbons (Fsp3) is 0.750. The average Bonchev–Trinajstić information content (AvgIpc) is 2.62. The average molecular weight is 227 g/mol. The lowest BCUT2D eigenvalue weighted by Gasteiger charge is -2.14. The Labute approximate surface area is 96.7 Å². The van der Waals surface area contributed by atoms with Gasteiger partial charge in [-0.25, -0.2) is 4.98 Å². The first-order valence-corrected chi connectivity index (χ1v) is 6.47. The van der Waals surface area contributed by atoms with E-state index in [4.69, 9.17) is 4.74 Å². The van der Waals surface area contributed by atoms with Gasteiger partial charge in [-0.05, 0) is 11.8 Å². The van der Waals surface area contributed by atoms with Crippen molar-refractivity contribution < 1.29 is 4.74 Å². The van der Waals surface area contributed by atoms with Gasteiger partial charge in [-0.3, -0.25) is 0 Å². The zero-order valence-electron chi connectivity index (χ0n) is 10.3. The fourth-order valence-corrected chi connectivity index (χ4v) is 1.77. The Morgan fingerprint density at radius 3 is 2.40 bits per heavy atom. The molecule has 0 saturated heterocycles. The van der Waals surface area contributed by atoms with Gasteiger partial charge in [-0.15, -0.1) is 11.3 Å². The molecule has 0 spiro atoms. The fourth-order valence-electron chi connectivity index (χ4n) is 1.01. The summed E-state index contributed by atoms with van der Waals surface area (Å²) in [6, 6.07) is 0. The molecular weight excluding hydrogens is 206 g/mol. The van der Waals surface area contributed by atoms with Crippen molar-refractivity contribution in [3.8, 4) is 5.88 Å². The maximum absolute atomic E-state index is 5.66. The van der Waals surface area contributed by atoms with E-state index in [9.17, 15) is 0 Å². The van der Waals surface area contributed by atoms with Crippen LogP contribution in [0.1, 0.15) is 45.5 Å². The van der Waals surface area contributed by atoms with Crippen molar-refractivity contribution in [2.75, 3.05) is 6.61 Å². The summed E-state index contributed by atoms with van der Waals surface area (Å²) < 4.78 is 5.66. The molecule has 86 valence electrons. The Hall–Kier alpha value is -0.570. The lowest BCUT2D eigenvalue weighted by Crippen LogP contribution is -2.14. The summed E-state index contributed by atoms with van der Waals surface area (Å²) in [5, 5.41) is 3.16. The third-order valence-corrected chi connectivity index (χ3v) is 3.75. The molecule has 1 heterocycles. The van der Waals surface area contributed by atoms with E-state index in [1.807, 2.05) is 5.38 Å². The maximum atomic E-state index is 5.66. The van der Waals surface area contributed by atoms with Gasteiger partial charge in [-0.2, -0.15) is 0 Å². The molecular formula is C12H21NOS. The Morgan fingerprint density at radius 1 is 1.27 bits per heavy atom. The minimum absolute atomic E-state index is 0.495. The van der Waals surface area contributed by atoms with E-state index in [-0.39, 0.29) is 0 Å². The van der Waals surface area contributed by atoms with Gasteiger partial charge in [0.05, 0.1) is 17.0 Å². The van der Waals surface area contributed by atoms with Crippen LogP contribution in [0, 0.1) is 11.8 Å². The molecule has 1 unspecified atom stereocenters. The third-order valence-electron chi connectivity index (χ3n) is 2.63. The molecule has 1 rings (SSSR count). The zero-order chi connectivity index (χ0) is 11.4. The summed E-state index contributed by atoms with van der Waals surface area (Å²) >= 11 is 1.68. The molecule has 0 aliphatic rings. The molecule has 0 amide bonds. The zero-order valence-corrected chi connectivity index (χ0v) is 11.1. The molecule has 0 aliphatic heterocycles. The Kier molecular flexibility index (Phi) is 4.58. The molecule has 0 saturated carbocycles. The molecule has 1 aromatic rings. The first-order chi connectivity index (χ1) is 7.00.